The van der Waals surface area contributed by atoms with Gasteiger partial charge in [-0.25, -0.2) is 4.79 Å². The number of carbonyl (C=O) groups is 1. The standard InChI is InChI=1S/C12H28N2O5Si/c1-5-16-12(15)13-10-9-11-14-20(17-6-2,18-7-3)19-8-4/h14H,5-11H2,1-4H3,(H,13,15). The molecule has 120 valence electrons. The summed E-state index contributed by atoms with van der Waals surface area (Å²) in [4.78, 5) is 14.3. The van der Waals surface area contributed by atoms with E-state index in [4.69, 9.17) is 18.0 Å². The molecule has 1 amide bonds. The Morgan fingerprint density at radius 3 is 1.90 bits per heavy atom. The smallest absolute Gasteiger partial charge is 0.450 e. The first-order valence-corrected chi connectivity index (χ1v) is 8.94. The molecule has 0 aliphatic heterocycles. The molecule has 0 bridgehead atoms. The Bertz CT molecular complexity index is 239. The van der Waals surface area contributed by atoms with E-state index in [-0.39, 0.29) is 0 Å². The van der Waals surface area contributed by atoms with Gasteiger partial charge < -0.3 is 23.3 Å². The lowest BCUT2D eigenvalue weighted by atomic mass is 10.4. The molecule has 7 nitrogen and oxygen atoms in total. The zero-order valence-electron chi connectivity index (χ0n) is 13.0. The van der Waals surface area contributed by atoms with Crippen molar-refractivity contribution in [3.8, 4) is 0 Å². The van der Waals surface area contributed by atoms with Gasteiger partial charge in [0.15, 0.2) is 0 Å². The highest BCUT2D eigenvalue weighted by atomic mass is 28.4. The van der Waals surface area contributed by atoms with Crippen LogP contribution in [0.25, 0.3) is 0 Å². The summed E-state index contributed by atoms with van der Waals surface area (Å²) < 4.78 is 21.7. The second kappa shape index (κ2) is 12.1. The van der Waals surface area contributed by atoms with Gasteiger partial charge in [0.05, 0.1) is 6.61 Å². The molecule has 0 saturated carbocycles. The Hall–Kier alpha value is -0.673. The summed E-state index contributed by atoms with van der Waals surface area (Å²) in [6.45, 7) is 10.6. The Kier molecular flexibility index (Phi) is 11.7. The van der Waals surface area contributed by atoms with Crippen LogP contribution >= 0.6 is 0 Å². The van der Waals surface area contributed by atoms with Crippen LogP contribution in [-0.4, -0.2) is 54.6 Å². The van der Waals surface area contributed by atoms with E-state index in [1.807, 2.05) is 20.8 Å². The summed E-state index contributed by atoms with van der Waals surface area (Å²) in [6, 6.07) is 0. The van der Waals surface area contributed by atoms with Gasteiger partial charge in [0.1, 0.15) is 0 Å². The van der Waals surface area contributed by atoms with E-state index in [2.05, 4.69) is 10.3 Å². The summed E-state index contributed by atoms with van der Waals surface area (Å²) >= 11 is 0. The number of ether oxygens (including phenoxy) is 1. The van der Waals surface area contributed by atoms with Gasteiger partial charge in [-0.05, 0) is 40.7 Å². The number of nitrogens with one attached hydrogen (secondary N) is 2. The van der Waals surface area contributed by atoms with Gasteiger partial charge in [0, 0.05) is 26.4 Å². The molecule has 0 aliphatic rings. The van der Waals surface area contributed by atoms with Crippen LogP contribution in [0.2, 0.25) is 0 Å². The summed E-state index contributed by atoms with van der Waals surface area (Å²) in [7, 11) is -2.78. The second-order valence-electron chi connectivity index (χ2n) is 3.78. The number of amides is 1. The molecule has 8 heteroatoms. The minimum Gasteiger partial charge on any atom is -0.450 e. The van der Waals surface area contributed by atoms with Gasteiger partial charge in [-0.1, -0.05) is 0 Å². The highest BCUT2D eigenvalue weighted by molar-refractivity contribution is 6.57. The molecule has 0 heterocycles. The molecule has 0 unspecified atom stereocenters. The van der Waals surface area contributed by atoms with Crippen LogP contribution in [0.5, 0.6) is 0 Å². The summed E-state index contributed by atoms with van der Waals surface area (Å²) in [5.41, 5.74) is 0. The van der Waals surface area contributed by atoms with Crippen molar-refractivity contribution < 1.29 is 22.8 Å². The molecule has 0 spiro atoms. The third-order valence-corrected chi connectivity index (χ3v) is 4.93. The van der Waals surface area contributed by atoms with Gasteiger partial charge in [0.25, 0.3) is 0 Å². The Balaban J connectivity index is 4.02. The number of hydrogen-bond donors (Lipinski definition) is 2. The average Bonchev–Trinajstić information content (AvgIpc) is 2.39. The van der Waals surface area contributed by atoms with Gasteiger partial charge in [-0.3, -0.25) is 4.98 Å². The fraction of sp³-hybridized carbons (Fsp3) is 0.917. The van der Waals surface area contributed by atoms with E-state index in [0.717, 1.165) is 6.42 Å². The average molecular weight is 308 g/mol. The Labute approximate surface area is 122 Å². The summed E-state index contributed by atoms with van der Waals surface area (Å²) in [6.07, 6.45) is 0.344. The lowest BCUT2D eigenvalue weighted by molar-refractivity contribution is 0.0599. The first-order valence-electron chi connectivity index (χ1n) is 7.21. The molecule has 0 aliphatic carbocycles. The Morgan fingerprint density at radius 2 is 1.45 bits per heavy atom. The SMILES string of the molecule is CCOC(=O)NCCCN[Si](OCC)(OCC)OCC. The van der Waals surface area contributed by atoms with E-state index >= 15 is 0 Å². The minimum atomic E-state index is -2.78. The van der Waals surface area contributed by atoms with Gasteiger partial charge in [0.2, 0.25) is 0 Å². The molecule has 0 radical (unpaired) electrons. The molecule has 0 fully saturated rings. The van der Waals surface area contributed by atoms with Crippen LogP contribution in [0.4, 0.5) is 4.79 Å². The van der Waals surface area contributed by atoms with Crippen molar-refractivity contribution >= 4 is 15.1 Å². The lowest BCUT2D eigenvalue weighted by Crippen LogP contribution is -2.59. The van der Waals surface area contributed by atoms with E-state index in [9.17, 15) is 4.79 Å². The van der Waals surface area contributed by atoms with Crippen molar-refractivity contribution in [3.05, 3.63) is 0 Å². The van der Waals surface area contributed by atoms with Crippen molar-refractivity contribution in [2.75, 3.05) is 39.5 Å². The molecule has 20 heavy (non-hydrogen) atoms. The number of carbonyl (C=O) groups excluding carboxylic acids is 1. The van der Waals surface area contributed by atoms with Crippen LogP contribution in [0, 0.1) is 0 Å². The zero-order valence-corrected chi connectivity index (χ0v) is 14.0. The quantitative estimate of drug-likeness (QED) is 0.417. The van der Waals surface area contributed by atoms with Crippen LogP contribution < -0.4 is 10.3 Å². The number of rotatable bonds is 12. The van der Waals surface area contributed by atoms with Crippen LogP contribution in [0.3, 0.4) is 0 Å². The fourth-order valence-corrected chi connectivity index (χ4v) is 3.73. The van der Waals surface area contributed by atoms with E-state index in [0.29, 0.717) is 39.5 Å². The lowest BCUT2D eigenvalue weighted by Gasteiger charge is -2.28. The van der Waals surface area contributed by atoms with Crippen molar-refractivity contribution in [2.24, 2.45) is 0 Å². The van der Waals surface area contributed by atoms with Crippen LogP contribution in [0.15, 0.2) is 0 Å². The van der Waals surface area contributed by atoms with Crippen LogP contribution in [-0.2, 0) is 18.0 Å². The fourth-order valence-electron chi connectivity index (χ4n) is 1.55. The summed E-state index contributed by atoms with van der Waals surface area (Å²) in [5, 5.41) is 2.66. The molecule has 0 aromatic heterocycles. The van der Waals surface area contributed by atoms with Gasteiger partial charge in [-0.15, -0.1) is 0 Å². The van der Waals surface area contributed by atoms with Gasteiger partial charge >= 0.3 is 15.1 Å². The van der Waals surface area contributed by atoms with E-state index < -0.39 is 15.1 Å². The zero-order chi connectivity index (χ0) is 15.3. The van der Waals surface area contributed by atoms with Crippen molar-refractivity contribution in [1.29, 1.82) is 0 Å². The number of alkyl carbamates (subject to hydrolysis) is 1. The number of hydrogen-bond acceptors (Lipinski definition) is 6. The third-order valence-electron chi connectivity index (χ3n) is 2.24. The molecular formula is C12H28N2O5Si. The minimum absolute atomic E-state index is 0.374. The molecule has 0 aromatic carbocycles. The van der Waals surface area contributed by atoms with Crippen LogP contribution in [0.1, 0.15) is 34.1 Å². The maximum Gasteiger partial charge on any atom is 0.596 e. The molecule has 0 saturated heterocycles. The van der Waals surface area contributed by atoms with Crippen molar-refractivity contribution in [3.63, 3.8) is 0 Å². The first kappa shape index (κ1) is 19.3. The normalized spacial score (nSPS) is 11.4. The highest BCUT2D eigenvalue weighted by Gasteiger charge is 2.40. The predicted molar refractivity (Wildman–Crippen MR) is 78.3 cm³/mol. The largest absolute Gasteiger partial charge is 0.596 e. The van der Waals surface area contributed by atoms with E-state index in [1.54, 1.807) is 6.92 Å². The maximum atomic E-state index is 11.1. The van der Waals surface area contributed by atoms with E-state index in [1.165, 1.54) is 0 Å². The topological polar surface area (TPSA) is 78.1 Å². The third kappa shape index (κ3) is 8.49. The first-order chi connectivity index (χ1) is 9.64. The predicted octanol–water partition coefficient (Wildman–Crippen LogP) is 1.26. The van der Waals surface area contributed by atoms with Gasteiger partial charge in [-0.2, -0.15) is 0 Å². The Morgan fingerprint density at radius 1 is 0.900 bits per heavy atom. The molecule has 0 atom stereocenters. The van der Waals surface area contributed by atoms with Crippen molar-refractivity contribution in [1.82, 2.24) is 10.3 Å². The molecule has 2 N–H and O–H groups in total. The second-order valence-corrected chi connectivity index (χ2v) is 6.11. The van der Waals surface area contributed by atoms with Crippen molar-refractivity contribution in [2.45, 2.75) is 34.1 Å². The highest BCUT2D eigenvalue weighted by Crippen LogP contribution is 2.06. The summed E-state index contributed by atoms with van der Waals surface area (Å²) in [5.74, 6) is 0. The monoisotopic (exact) mass is 308 g/mol. The molecule has 0 rings (SSSR count). The maximum absolute atomic E-state index is 11.1. The molecular weight excluding hydrogens is 280 g/mol. The molecule has 0 aromatic rings.